The summed E-state index contributed by atoms with van der Waals surface area (Å²) in [6.07, 6.45) is 3.28. The summed E-state index contributed by atoms with van der Waals surface area (Å²) in [4.78, 5) is 12.2. The van der Waals surface area contributed by atoms with Gasteiger partial charge in [-0.1, -0.05) is 6.08 Å². The number of Topliss-reactive ketones (excluding diaryl/α,β-unsaturated/α-hetero) is 1. The van der Waals surface area contributed by atoms with Crippen molar-refractivity contribution in [3.63, 3.8) is 0 Å². The van der Waals surface area contributed by atoms with Gasteiger partial charge in [-0.25, -0.2) is 0 Å². The van der Waals surface area contributed by atoms with Crippen LogP contribution in [-0.4, -0.2) is 18.5 Å². The molecule has 0 saturated heterocycles. The number of carbonyl (C=O) groups excluding carboxylic acids is 1. The van der Waals surface area contributed by atoms with Gasteiger partial charge in [-0.05, 0) is 45.0 Å². The van der Waals surface area contributed by atoms with E-state index < -0.39 is 5.60 Å². The zero-order chi connectivity index (χ0) is 12.9. The first-order chi connectivity index (χ1) is 8.01. The van der Waals surface area contributed by atoms with Crippen molar-refractivity contribution in [3.05, 3.63) is 42.2 Å². The van der Waals surface area contributed by atoms with E-state index >= 15 is 0 Å². The van der Waals surface area contributed by atoms with E-state index in [1.807, 2.05) is 6.92 Å². The van der Waals surface area contributed by atoms with E-state index in [4.69, 9.17) is 9.47 Å². The first-order valence-electron chi connectivity index (χ1n) is 5.49. The van der Waals surface area contributed by atoms with Crippen LogP contribution in [0.3, 0.4) is 0 Å². The van der Waals surface area contributed by atoms with Gasteiger partial charge in [-0.3, -0.25) is 4.79 Å². The van der Waals surface area contributed by atoms with E-state index in [1.165, 1.54) is 6.26 Å². The Labute approximate surface area is 102 Å². The summed E-state index contributed by atoms with van der Waals surface area (Å²) >= 11 is 0. The van der Waals surface area contributed by atoms with Crippen molar-refractivity contribution in [2.75, 3.05) is 7.11 Å². The van der Waals surface area contributed by atoms with E-state index in [0.717, 1.165) is 5.75 Å². The molecule has 0 atom stereocenters. The molecule has 0 aliphatic carbocycles. The fourth-order valence-electron chi connectivity index (χ4n) is 1.38. The molecule has 0 aliphatic heterocycles. The highest BCUT2D eigenvalue weighted by atomic mass is 16.5. The summed E-state index contributed by atoms with van der Waals surface area (Å²) in [5, 5.41) is 0. The highest BCUT2D eigenvalue weighted by Gasteiger charge is 2.29. The van der Waals surface area contributed by atoms with E-state index in [-0.39, 0.29) is 5.78 Å². The van der Waals surface area contributed by atoms with Gasteiger partial charge in [0.05, 0.1) is 13.4 Å². The maximum atomic E-state index is 12.2. The second-order valence-corrected chi connectivity index (χ2v) is 4.16. The summed E-state index contributed by atoms with van der Waals surface area (Å²) in [6.45, 7) is 5.34. The second-order valence-electron chi connectivity index (χ2n) is 4.16. The average molecular weight is 234 g/mol. The Balaban J connectivity index is 2.87. The van der Waals surface area contributed by atoms with Crippen LogP contribution in [0.4, 0.5) is 0 Å². The number of hydrogen-bond donors (Lipinski definition) is 0. The fourth-order valence-corrected chi connectivity index (χ4v) is 1.38. The highest BCUT2D eigenvalue weighted by Crippen LogP contribution is 2.20. The van der Waals surface area contributed by atoms with E-state index in [1.54, 1.807) is 51.3 Å². The van der Waals surface area contributed by atoms with Crippen LogP contribution < -0.4 is 4.74 Å². The normalized spacial score (nSPS) is 11.5. The fraction of sp³-hybridized carbons (Fsp3) is 0.357. The van der Waals surface area contributed by atoms with Crippen molar-refractivity contribution in [2.45, 2.75) is 26.4 Å². The molecule has 0 saturated carbocycles. The van der Waals surface area contributed by atoms with Crippen molar-refractivity contribution in [1.82, 2.24) is 0 Å². The third kappa shape index (κ3) is 3.34. The van der Waals surface area contributed by atoms with Crippen LogP contribution in [0.5, 0.6) is 5.75 Å². The van der Waals surface area contributed by atoms with Crippen molar-refractivity contribution in [3.8, 4) is 5.75 Å². The van der Waals surface area contributed by atoms with Gasteiger partial charge in [0, 0.05) is 5.56 Å². The lowest BCUT2D eigenvalue weighted by Gasteiger charge is -2.22. The van der Waals surface area contributed by atoms with Gasteiger partial charge < -0.3 is 9.47 Å². The first kappa shape index (κ1) is 13.3. The van der Waals surface area contributed by atoms with Crippen molar-refractivity contribution >= 4 is 5.78 Å². The molecule has 3 heteroatoms. The Kier molecular flexibility index (Phi) is 4.32. The van der Waals surface area contributed by atoms with Crippen LogP contribution in [0.2, 0.25) is 0 Å². The van der Waals surface area contributed by atoms with E-state index in [9.17, 15) is 4.79 Å². The molecule has 0 heterocycles. The number of methoxy groups -OCH3 is 1. The zero-order valence-corrected chi connectivity index (χ0v) is 10.7. The second kappa shape index (κ2) is 5.53. The van der Waals surface area contributed by atoms with Gasteiger partial charge in [0.25, 0.3) is 0 Å². The molecule has 3 nitrogen and oxygen atoms in total. The monoisotopic (exact) mass is 234 g/mol. The Hall–Kier alpha value is -1.77. The lowest BCUT2D eigenvalue weighted by Crippen LogP contribution is -2.33. The maximum absolute atomic E-state index is 12.2. The number of allylic oxidation sites excluding steroid dienone is 1. The molecule has 0 amide bonds. The molecule has 0 radical (unpaired) electrons. The molecule has 0 unspecified atom stereocenters. The Morgan fingerprint density at radius 2 is 1.82 bits per heavy atom. The molecule has 1 aromatic rings. The molecule has 0 spiro atoms. The number of carbonyl (C=O) groups is 1. The minimum absolute atomic E-state index is 0.0572. The summed E-state index contributed by atoms with van der Waals surface area (Å²) in [5.41, 5.74) is -0.249. The molecule has 17 heavy (non-hydrogen) atoms. The number of rotatable bonds is 5. The van der Waals surface area contributed by atoms with Crippen LogP contribution in [0, 0.1) is 0 Å². The van der Waals surface area contributed by atoms with Gasteiger partial charge in [0.2, 0.25) is 5.78 Å². The Morgan fingerprint density at radius 3 is 2.29 bits per heavy atom. The standard InChI is InChI=1S/C14H18O3/c1-5-10-17-14(2,3)13(15)11-6-8-12(16-4)9-7-11/h5-10H,1-4H3. The van der Waals surface area contributed by atoms with Crippen LogP contribution in [0.25, 0.3) is 0 Å². The average Bonchev–Trinajstić information content (AvgIpc) is 2.35. The number of ether oxygens (including phenoxy) is 2. The van der Waals surface area contributed by atoms with Crippen LogP contribution in [-0.2, 0) is 4.74 Å². The lowest BCUT2D eigenvalue weighted by atomic mass is 9.96. The zero-order valence-electron chi connectivity index (χ0n) is 10.7. The summed E-state index contributed by atoms with van der Waals surface area (Å²) < 4.78 is 10.4. The van der Waals surface area contributed by atoms with Gasteiger partial charge in [-0.2, -0.15) is 0 Å². The van der Waals surface area contributed by atoms with E-state index in [2.05, 4.69) is 0 Å². The van der Waals surface area contributed by atoms with Gasteiger partial charge >= 0.3 is 0 Å². The van der Waals surface area contributed by atoms with Crippen LogP contribution in [0.1, 0.15) is 31.1 Å². The van der Waals surface area contributed by atoms with Gasteiger partial charge in [0.15, 0.2) is 5.60 Å². The predicted octanol–water partition coefficient (Wildman–Crippen LogP) is 3.21. The molecule has 0 N–H and O–H groups in total. The molecular formula is C14H18O3. The quantitative estimate of drug-likeness (QED) is 0.579. The minimum atomic E-state index is -0.860. The SMILES string of the molecule is CC=COC(C)(C)C(=O)c1ccc(OC)cc1. The molecular weight excluding hydrogens is 216 g/mol. The topological polar surface area (TPSA) is 35.5 Å². The molecule has 92 valence electrons. The van der Waals surface area contributed by atoms with Crippen molar-refractivity contribution in [2.24, 2.45) is 0 Å². The smallest absolute Gasteiger partial charge is 0.205 e. The molecule has 0 fully saturated rings. The molecule has 0 aromatic heterocycles. The van der Waals surface area contributed by atoms with E-state index in [0.29, 0.717) is 5.56 Å². The summed E-state index contributed by atoms with van der Waals surface area (Å²) in [7, 11) is 1.59. The minimum Gasteiger partial charge on any atom is -0.497 e. The number of ketones is 1. The van der Waals surface area contributed by atoms with Crippen LogP contribution in [0.15, 0.2) is 36.6 Å². The third-order valence-electron chi connectivity index (χ3n) is 2.40. The summed E-state index contributed by atoms with van der Waals surface area (Å²) in [5.74, 6) is 0.673. The predicted molar refractivity (Wildman–Crippen MR) is 67.3 cm³/mol. The largest absolute Gasteiger partial charge is 0.497 e. The number of hydrogen-bond acceptors (Lipinski definition) is 3. The lowest BCUT2D eigenvalue weighted by molar-refractivity contribution is 0.0404. The maximum Gasteiger partial charge on any atom is 0.205 e. The molecule has 1 rings (SSSR count). The molecule has 0 aliphatic rings. The molecule has 0 bridgehead atoms. The summed E-state index contributed by atoms with van der Waals surface area (Å²) in [6, 6.07) is 7.00. The van der Waals surface area contributed by atoms with Crippen molar-refractivity contribution in [1.29, 1.82) is 0 Å². The first-order valence-corrected chi connectivity index (χ1v) is 5.49. The third-order valence-corrected chi connectivity index (χ3v) is 2.40. The Morgan fingerprint density at radius 1 is 1.24 bits per heavy atom. The Bertz CT molecular complexity index is 402. The van der Waals surface area contributed by atoms with Gasteiger partial charge in [-0.15, -0.1) is 0 Å². The number of benzene rings is 1. The molecule has 1 aromatic carbocycles. The van der Waals surface area contributed by atoms with Gasteiger partial charge in [0.1, 0.15) is 5.75 Å². The highest BCUT2D eigenvalue weighted by molar-refractivity contribution is 6.02. The van der Waals surface area contributed by atoms with Crippen molar-refractivity contribution < 1.29 is 14.3 Å². The van der Waals surface area contributed by atoms with Crippen LogP contribution >= 0.6 is 0 Å².